The van der Waals surface area contributed by atoms with Crippen molar-refractivity contribution in [2.75, 3.05) is 20.2 Å². The van der Waals surface area contributed by atoms with Crippen LogP contribution in [0, 0.1) is 5.82 Å². The molecule has 24 heavy (non-hydrogen) atoms. The standard InChI is InChI=1S/C17H19ClFN3O.HI/c1-20-17(22-12-13-6-8-14(19)9-7-13)21-10-11-23-16-5-3-2-4-15(16)18;/h2-9H,10-12H2,1H3,(H2,20,21,22);1H. The molecule has 0 aliphatic rings. The third kappa shape index (κ3) is 6.92. The summed E-state index contributed by atoms with van der Waals surface area (Å²) < 4.78 is 18.4. The van der Waals surface area contributed by atoms with Crippen LogP contribution in [0.15, 0.2) is 53.5 Å². The molecular weight excluding hydrogens is 444 g/mol. The SMILES string of the molecule is CN=C(NCCOc1ccccc1Cl)NCc1ccc(F)cc1.I. The molecule has 0 unspecified atom stereocenters. The van der Waals surface area contributed by atoms with Gasteiger partial charge in [-0.2, -0.15) is 0 Å². The van der Waals surface area contributed by atoms with E-state index in [2.05, 4.69) is 15.6 Å². The Balaban J connectivity index is 0.00000288. The summed E-state index contributed by atoms with van der Waals surface area (Å²) in [5.74, 6) is 1.07. The number of nitrogens with zero attached hydrogens (tertiary/aromatic N) is 1. The number of guanidine groups is 1. The molecule has 0 radical (unpaired) electrons. The maximum atomic E-state index is 12.8. The third-order valence-electron chi connectivity index (χ3n) is 3.09. The first-order chi connectivity index (χ1) is 11.2. The van der Waals surface area contributed by atoms with E-state index in [0.29, 0.717) is 36.4 Å². The second-order valence-corrected chi connectivity index (χ2v) is 5.17. The minimum absolute atomic E-state index is 0. The molecule has 0 amide bonds. The molecule has 0 aromatic heterocycles. The van der Waals surface area contributed by atoms with Gasteiger partial charge in [-0.05, 0) is 29.8 Å². The molecule has 2 aromatic rings. The lowest BCUT2D eigenvalue weighted by Crippen LogP contribution is -2.38. The average Bonchev–Trinajstić information content (AvgIpc) is 2.57. The summed E-state index contributed by atoms with van der Waals surface area (Å²) in [6.07, 6.45) is 0. The van der Waals surface area contributed by atoms with Crippen LogP contribution in [-0.4, -0.2) is 26.2 Å². The van der Waals surface area contributed by atoms with E-state index in [4.69, 9.17) is 16.3 Å². The lowest BCUT2D eigenvalue weighted by molar-refractivity contribution is 0.322. The van der Waals surface area contributed by atoms with Crippen molar-refractivity contribution in [3.8, 4) is 5.75 Å². The number of ether oxygens (including phenoxy) is 1. The molecular formula is C17H20ClFIN3O. The Hall–Kier alpha value is -1.54. The van der Waals surface area contributed by atoms with Crippen LogP contribution in [0.5, 0.6) is 5.75 Å². The van der Waals surface area contributed by atoms with Crippen LogP contribution in [0.4, 0.5) is 4.39 Å². The van der Waals surface area contributed by atoms with Gasteiger partial charge in [0.15, 0.2) is 5.96 Å². The van der Waals surface area contributed by atoms with Gasteiger partial charge in [-0.15, -0.1) is 24.0 Å². The van der Waals surface area contributed by atoms with Crippen molar-refractivity contribution in [1.29, 1.82) is 0 Å². The Morgan fingerprint density at radius 1 is 1.12 bits per heavy atom. The van der Waals surface area contributed by atoms with Gasteiger partial charge in [-0.1, -0.05) is 35.9 Å². The molecule has 0 aliphatic carbocycles. The zero-order valence-corrected chi connectivity index (χ0v) is 16.3. The second kappa shape index (κ2) is 11.1. The van der Waals surface area contributed by atoms with Crippen LogP contribution in [0.1, 0.15) is 5.56 Å². The molecule has 2 N–H and O–H groups in total. The largest absolute Gasteiger partial charge is 0.490 e. The quantitative estimate of drug-likeness (QED) is 0.296. The molecule has 0 spiro atoms. The van der Waals surface area contributed by atoms with Crippen molar-refractivity contribution in [3.05, 3.63) is 64.9 Å². The van der Waals surface area contributed by atoms with Crippen molar-refractivity contribution in [3.63, 3.8) is 0 Å². The molecule has 4 nitrogen and oxygen atoms in total. The number of aliphatic imine (C=N–C) groups is 1. The summed E-state index contributed by atoms with van der Waals surface area (Å²) in [4.78, 5) is 4.12. The van der Waals surface area contributed by atoms with E-state index < -0.39 is 0 Å². The second-order valence-electron chi connectivity index (χ2n) is 4.76. The normalized spacial score (nSPS) is 10.7. The lowest BCUT2D eigenvalue weighted by Gasteiger charge is -2.13. The Morgan fingerprint density at radius 3 is 2.50 bits per heavy atom. The van der Waals surface area contributed by atoms with Crippen molar-refractivity contribution < 1.29 is 9.13 Å². The molecule has 0 bridgehead atoms. The fourth-order valence-electron chi connectivity index (χ4n) is 1.90. The lowest BCUT2D eigenvalue weighted by atomic mass is 10.2. The molecule has 0 aliphatic heterocycles. The zero-order valence-electron chi connectivity index (χ0n) is 13.3. The van der Waals surface area contributed by atoms with E-state index in [1.165, 1.54) is 12.1 Å². The predicted molar refractivity (Wildman–Crippen MR) is 107 cm³/mol. The van der Waals surface area contributed by atoms with Crippen molar-refractivity contribution in [1.82, 2.24) is 10.6 Å². The number of hydrogen-bond acceptors (Lipinski definition) is 2. The summed E-state index contributed by atoms with van der Waals surface area (Å²) in [5, 5.41) is 6.88. The highest BCUT2D eigenvalue weighted by molar-refractivity contribution is 14.0. The van der Waals surface area contributed by atoms with Crippen molar-refractivity contribution >= 4 is 41.5 Å². The molecule has 2 rings (SSSR count). The van der Waals surface area contributed by atoms with E-state index in [9.17, 15) is 4.39 Å². The molecule has 0 saturated carbocycles. The molecule has 130 valence electrons. The predicted octanol–water partition coefficient (Wildman–Crippen LogP) is 3.84. The summed E-state index contributed by atoms with van der Waals surface area (Å²) in [6, 6.07) is 13.7. The van der Waals surface area contributed by atoms with E-state index in [1.807, 2.05) is 18.2 Å². The van der Waals surface area contributed by atoms with E-state index >= 15 is 0 Å². The van der Waals surface area contributed by atoms with Gasteiger partial charge >= 0.3 is 0 Å². The van der Waals surface area contributed by atoms with Crippen LogP contribution >= 0.6 is 35.6 Å². The fourth-order valence-corrected chi connectivity index (χ4v) is 2.09. The molecule has 0 heterocycles. The Labute approximate surface area is 163 Å². The minimum atomic E-state index is -0.243. The Kier molecular flexibility index (Phi) is 9.48. The summed E-state index contributed by atoms with van der Waals surface area (Å²) in [7, 11) is 1.69. The molecule has 2 aromatic carbocycles. The van der Waals surface area contributed by atoms with Gasteiger partial charge in [0.05, 0.1) is 11.6 Å². The minimum Gasteiger partial charge on any atom is -0.490 e. The summed E-state index contributed by atoms with van der Waals surface area (Å²) in [5.41, 5.74) is 0.974. The van der Waals surface area contributed by atoms with Crippen LogP contribution in [0.2, 0.25) is 5.02 Å². The van der Waals surface area contributed by atoms with Crippen LogP contribution in [-0.2, 0) is 6.54 Å². The van der Waals surface area contributed by atoms with Gasteiger partial charge < -0.3 is 15.4 Å². The van der Waals surface area contributed by atoms with Gasteiger partial charge in [0, 0.05) is 13.6 Å². The monoisotopic (exact) mass is 463 g/mol. The molecule has 0 saturated heterocycles. The average molecular weight is 464 g/mol. The summed E-state index contributed by atoms with van der Waals surface area (Å²) >= 11 is 6.01. The molecule has 7 heteroatoms. The fraction of sp³-hybridized carbons (Fsp3) is 0.235. The zero-order chi connectivity index (χ0) is 16.5. The van der Waals surface area contributed by atoms with Crippen LogP contribution < -0.4 is 15.4 Å². The summed E-state index contributed by atoms with van der Waals surface area (Å²) in [6.45, 7) is 1.60. The first kappa shape index (κ1) is 20.5. The number of hydrogen-bond donors (Lipinski definition) is 2. The van der Waals surface area contributed by atoms with E-state index in [0.717, 1.165) is 5.56 Å². The van der Waals surface area contributed by atoms with Crippen LogP contribution in [0.25, 0.3) is 0 Å². The van der Waals surface area contributed by atoms with Gasteiger partial charge in [0.2, 0.25) is 0 Å². The molecule has 0 atom stereocenters. The maximum absolute atomic E-state index is 12.8. The van der Waals surface area contributed by atoms with E-state index in [-0.39, 0.29) is 29.8 Å². The Bertz CT molecular complexity index is 653. The highest BCUT2D eigenvalue weighted by atomic mass is 127. The van der Waals surface area contributed by atoms with Gasteiger partial charge in [0.1, 0.15) is 18.2 Å². The van der Waals surface area contributed by atoms with Crippen molar-refractivity contribution in [2.24, 2.45) is 4.99 Å². The number of halogens is 3. The van der Waals surface area contributed by atoms with Crippen LogP contribution in [0.3, 0.4) is 0 Å². The number of benzene rings is 2. The third-order valence-corrected chi connectivity index (χ3v) is 3.40. The highest BCUT2D eigenvalue weighted by Gasteiger charge is 2.01. The topological polar surface area (TPSA) is 45.7 Å². The first-order valence-electron chi connectivity index (χ1n) is 7.25. The smallest absolute Gasteiger partial charge is 0.191 e. The van der Waals surface area contributed by atoms with Gasteiger partial charge in [-0.25, -0.2) is 4.39 Å². The first-order valence-corrected chi connectivity index (χ1v) is 7.63. The van der Waals surface area contributed by atoms with E-state index in [1.54, 1.807) is 25.2 Å². The van der Waals surface area contributed by atoms with Gasteiger partial charge in [-0.3, -0.25) is 4.99 Å². The maximum Gasteiger partial charge on any atom is 0.191 e. The number of para-hydroxylation sites is 1. The van der Waals surface area contributed by atoms with Crippen molar-refractivity contribution in [2.45, 2.75) is 6.54 Å². The Morgan fingerprint density at radius 2 is 1.83 bits per heavy atom. The highest BCUT2D eigenvalue weighted by Crippen LogP contribution is 2.22. The van der Waals surface area contributed by atoms with Gasteiger partial charge in [0.25, 0.3) is 0 Å². The number of nitrogens with one attached hydrogen (secondary N) is 2. The number of rotatable bonds is 6. The molecule has 0 fully saturated rings.